The maximum Gasteiger partial charge on any atom is 0.282 e. The topological polar surface area (TPSA) is 66.7 Å². The molecule has 25 heavy (non-hydrogen) atoms. The number of piperidine rings is 1. The highest BCUT2D eigenvalue weighted by Gasteiger charge is 2.42. The van der Waals surface area contributed by atoms with Crippen LogP contribution in [-0.2, 0) is 10.2 Å². The van der Waals surface area contributed by atoms with E-state index < -0.39 is 10.2 Å². The third-order valence-electron chi connectivity index (χ3n) is 5.59. The fraction of sp³-hybridized carbons (Fsp3) is 0.611. The van der Waals surface area contributed by atoms with Crippen molar-refractivity contribution in [1.82, 2.24) is 13.6 Å². The fourth-order valence-electron chi connectivity index (χ4n) is 3.71. The summed E-state index contributed by atoms with van der Waals surface area (Å²) in [5, 5.41) is 0. The molecule has 1 aromatic carbocycles. The van der Waals surface area contributed by atoms with E-state index in [0.717, 1.165) is 37.6 Å². The normalized spacial score (nSPS) is 24.0. The molecule has 0 unspecified atom stereocenters. The van der Waals surface area contributed by atoms with Crippen LogP contribution in [0.2, 0.25) is 0 Å². The minimum Gasteiger partial charge on any atom is -0.439 e. The van der Waals surface area contributed by atoms with Crippen molar-refractivity contribution in [3.63, 3.8) is 0 Å². The van der Waals surface area contributed by atoms with E-state index in [9.17, 15) is 8.42 Å². The van der Waals surface area contributed by atoms with Crippen LogP contribution in [0.4, 0.5) is 0 Å². The second kappa shape index (κ2) is 6.37. The third-order valence-corrected chi connectivity index (χ3v) is 7.68. The minimum atomic E-state index is -3.53. The Kier molecular flexibility index (Phi) is 4.33. The molecule has 0 spiro atoms. The Bertz CT molecular complexity index is 826. The van der Waals surface area contributed by atoms with E-state index in [0.29, 0.717) is 23.9 Å². The van der Waals surface area contributed by atoms with E-state index >= 15 is 0 Å². The summed E-state index contributed by atoms with van der Waals surface area (Å²) in [6, 6.07) is 7.30. The Labute approximate surface area is 149 Å². The zero-order chi connectivity index (χ0) is 17.6. The summed E-state index contributed by atoms with van der Waals surface area (Å²) < 4.78 is 35.5. The van der Waals surface area contributed by atoms with Gasteiger partial charge in [-0.05, 0) is 50.7 Å². The highest BCUT2D eigenvalue weighted by molar-refractivity contribution is 7.86. The molecular formula is C18H25N3O3S. The molecule has 1 aliphatic carbocycles. The maximum atomic E-state index is 13.2. The first-order chi connectivity index (χ1) is 12.0. The molecule has 1 aromatic heterocycles. The van der Waals surface area contributed by atoms with Gasteiger partial charge >= 0.3 is 0 Å². The van der Waals surface area contributed by atoms with Crippen LogP contribution in [-0.4, -0.2) is 41.6 Å². The van der Waals surface area contributed by atoms with Gasteiger partial charge in [-0.25, -0.2) is 4.98 Å². The lowest BCUT2D eigenvalue weighted by molar-refractivity contribution is 0.201. The van der Waals surface area contributed by atoms with E-state index in [4.69, 9.17) is 4.42 Å². The smallest absolute Gasteiger partial charge is 0.282 e. The van der Waals surface area contributed by atoms with Gasteiger partial charge in [0, 0.05) is 19.6 Å². The first-order valence-corrected chi connectivity index (χ1v) is 10.5. The fourth-order valence-corrected chi connectivity index (χ4v) is 5.51. The largest absolute Gasteiger partial charge is 0.439 e. The molecule has 7 heteroatoms. The van der Waals surface area contributed by atoms with Crippen molar-refractivity contribution in [3.8, 4) is 0 Å². The van der Waals surface area contributed by atoms with Gasteiger partial charge in [-0.2, -0.15) is 17.0 Å². The molecule has 0 radical (unpaired) electrons. The maximum absolute atomic E-state index is 13.2. The molecule has 1 saturated heterocycles. The van der Waals surface area contributed by atoms with E-state index in [1.807, 2.05) is 31.2 Å². The van der Waals surface area contributed by atoms with Crippen LogP contribution >= 0.6 is 0 Å². The molecule has 0 bridgehead atoms. The Morgan fingerprint density at radius 2 is 2.00 bits per heavy atom. The Balaban J connectivity index is 1.66. The number of para-hydroxylation sites is 2. The summed E-state index contributed by atoms with van der Waals surface area (Å²) in [6.45, 7) is 2.53. The summed E-state index contributed by atoms with van der Waals surface area (Å²) in [7, 11) is -1.83. The SMILES string of the molecule is C[C@@H](C1CC1)N(C)S(=O)(=O)N1CCCC[C@@H]1c1nc2ccccc2o1. The van der Waals surface area contributed by atoms with Crippen molar-refractivity contribution < 1.29 is 12.8 Å². The number of aromatic nitrogens is 1. The second-order valence-corrected chi connectivity index (χ2v) is 9.18. The molecule has 0 N–H and O–H groups in total. The van der Waals surface area contributed by atoms with Crippen molar-refractivity contribution in [3.05, 3.63) is 30.2 Å². The zero-order valence-corrected chi connectivity index (χ0v) is 15.6. The molecule has 136 valence electrons. The number of hydrogen-bond donors (Lipinski definition) is 0. The highest BCUT2D eigenvalue weighted by atomic mass is 32.2. The number of rotatable bonds is 5. The number of benzene rings is 1. The van der Waals surface area contributed by atoms with Crippen LogP contribution < -0.4 is 0 Å². The monoisotopic (exact) mass is 363 g/mol. The number of oxazole rings is 1. The molecule has 2 aromatic rings. The van der Waals surface area contributed by atoms with Gasteiger partial charge in [-0.3, -0.25) is 0 Å². The van der Waals surface area contributed by atoms with Crippen LogP contribution in [0.15, 0.2) is 28.7 Å². The van der Waals surface area contributed by atoms with Crippen LogP contribution in [0.25, 0.3) is 11.1 Å². The quantitative estimate of drug-likeness (QED) is 0.817. The van der Waals surface area contributed by atoms with Gasteiger partial charge < -0.3 is 4.42 Å². The average Bonchev–Trinajstić information content (AvgIpc) is 3.38. The van der Waals surface area contributed by atoms with Gasteiger partial charge in [0.1, 0.15) is 11.6 Å². The molecule has 1 saturated carbocycles. The van der Waals surface area contributed by atoms with E-state index in [1.54, 1.807) is 15.7 Å². The Morgan fingerprint density at radius 3 is 2.72 bits per heavy atom. The molecule has 4 rings (SSSR count). The van der Waals surface area contributed by atoms with Gasteiger partial charge in [0.25, 0.3) is 10.2 Å². The summed E-state index contributed by atoms with van der Waals surface area (Å²) in [5.74, 6) is 1.00. The van der Waals surface area contributed by atoms with Gasteiger partial charge in [0.05, 0.1) is 0 Å². The van der Waals surface area contributed by atoms with E-state index in [1.165, 1.54) is 0 Å². The minimum absolute atomic E-state index is 0.0382. The van der Waals surface area contributed by atoms with E-state index in [2.05, 4.69) is 4.98 Å². The predicted molar refractivity (Wildman–Crippen MR) is 96.2 cm³/mol. The predicted octanol–water partition coefficient (Wildman–Crippen LogP) is 3.33. The lowest BCUT2D eigenvalue weighted by Gasteiger charge is -2.37. The van der Waals surface area contributed by atoms with Crippen molar-refractivity contribution >= 4 is 21.3 Å². The molecular weight excluding hydrogens is 338 g/mol. The molecule has 2 aliphatic rings. The van der Waals surface area contributed by atoms with Gasteiger partial charge in [-0.1, -0.05) is 18.6 Å². The molecule has 1 aliphatic heterocycles. The zero-order valence-electron chi connectivity index (χ0n) is 14.8. The third kappa shape index (κ3) is 3.09. The van der Waals surface area contributed by atoms with Crippen LogP contribution in [0, 0.1) is 5.92 Å². The lowest BCUT2D eigenvalue weighted by atomic mass is 10.1. The molecule has 2 heterocycles. The second-order valence-electron chi connectivity index (χ2n) is 7.24. The van der Waals surface area contributed by atoms with Crippen molar-refractivity contribution in [1.29, 1.82) is 0 Å². The van der Waals surface area contributed by atoms with Crippen molar-refractivity contribution in [2.75, 3.05) is 13.6 Å². The van der Waals surface area contributed by atoms with E-state index in [-0.39, 0.29) is 12.1 Å². The number of nitrogens with zero attached hydrogens (tertiary/aromatic N) is 3. The van der Waals surface area contributed by atoms with Crippen LogP contribution in [0.1, 0.15) is 51.0 Å². The molecule has 0 amide bonds. The molecule has 2 fully saturated rings. The lowest BCUT2D eigenvalue weighted by Crippen LogP contribution is -2.49. The summed E-state index contributed by atoms with van der Waals surface area (Å²) in [6.07, 6.45) is 4.85. The van der Waals surface area contributed by atoms with Crippen molar-refractivity contribution in [2.45, 2.75) is 51.1 Å². The summed E-state index contributed by atoms with van der Waals surface area (Å²) in [4.78, 5) is 4.56. The molecule has 6 nitrogen and oxygen atoms in total. The number of hydrogen-bond acceptors (Lipinski definition) is 4. The van der Waals surface area contributed by atoms with Gasteiger partial charge in [0.2, 0.25) is 5.89 Å². The first kappa shape index (κ1) is 17.0. The van der Waals surface area contributed by atoms with Crippen LogP contribution in [0.5, 0.6) is 0 Å². The first-order valence-electron chi connectivity index (χ1n) is 9.09. The van der Waals surface area contributed by atoms with Gasteiger partial charge in [0.15, 0.2) is 5.58 Å². The number of fused-ring (bicyclic) bond motifs is 1. The summed E-state index contributed by atoms with van der Waals surface area (Å²) in [5.41, 5.74) is 1.49. The van der Waals surface area contributed by atoms with Gasteiger partial charge in [-0.15, -0.1) is 0 Å². The Hall–Kier alpha value is -1.44. The summed E-state index contributed by atoms with van der Waals surface area (Å²) >= 11 is 0. The van der Waals surface area contributed by atoms with Crippen LogP contribution in [0.3, 0.4) is 0 Å². The molecule has 2 atom stereocenters. The standard InChI is InChI=1S/C18H25N3O3S/c1-13(14-10-11-14)20(2)25(22,23)21-12-6-5-8-16(21)18-19-15-7-3-4-9-17(15)24-18/h3-4,7,9,13-14,16H,5-6,8,10-12H2,1-2H3/t13-,16+/m0/s1. The Morgan fingerprint density at radius 1 is 1.24 bits per heavy atom. The van der Waals surface area contributed by atoms with Crippen molar-refractivity contribution in [2.24, 2.45) is 5.92 Å². The average molecular weight is 363 g/mol. The highest BCUT2D eigenvalue weighted by Crippen LogP contribution is 2.39.